The first kappa shape index (κ1) is 11.0. The fraction of sp³-hybridized carbons (Fsp3) is 0.417. The van der Waals surface area contributed by atoms with E-state index in [-0.39, 0.29) is 11.0 Å². The standard InChI is InChI=1S/C12H13ClOS/c13-10-6-4-9(5-7-10)12(14)11-3-1-2-8-15-11/h4-7,11H,1-3,8H2. The number of benzene rings is 1. The first-order chi connectivity index (χ1) is 7.27. The van der Waals surface area contributed by atoms with Crippen molar-refractivity contribution in [1.29, 1.82) is 0 Å². The molecule has 0 amide bonds. The summed E-state index contributed by atoms with van der Waals surface area (Å²) in [7, 11) is 0. The Hall–Kier alpha value is -0.470. The summed E-state index contributed by atoms with van der Waals surface area (Å²) in [5, 5.41) is 0.850. The molecule has 1 aromatic carbocycles. The van der Waals surface area contributed by atoms with Crippen molar-refractivity contribution in [3.8, 4) is 0 Å². The van der Waals surface area contributed by atoms with E-state index in [9.17, 15) is 4.79 Å². The van der Waals surface area contributed by atoms with Crippen molar-refractivity contribution in [3.63, 3.8) is 0 Å². The fourth-order valence-electron chi connectivity index (χ4n) is 1.75. The van der Waals surface area contributed by atoms with Gasteiger partial charge < -0.3 is 0 Å². The van der Waals surface area contributed by atoms with Crippen molar-refractivity contribution in [3.05, 3.63) is 34.9 Å². The second-order valence-corrected chi connectivity index (χ2v) is 5.47. The molecule has 1 atom stereocenters. The highest BCUT2D eigenvalue weighted by atomic mass is 35.5. The quantitative estimate of drug-likeness (QED) is 0.732. The van der Waals surface area contributed by atoms with Gasteiger partial charge in [-0.1, -0.05) is 18.0 Å². The molecule has 1 nitrogen and oxygen atoms in total. The third kappa shape index (κ3) is 2.76. The van der Waals surface area contributed by atoms with Crippen LogP contribution >= 0.6 is 23.4 Å². The van der Waals surface area contributed by atoms with Gasteiger partial charge in [-0.25, -0.2) is 0 Å². The fourth-order valence-corrected chi connectivity index (χ4v) is 3.15. The largest absolute Gasteiger partial charge is 0.293 e. The molecular weight excluding hydrogens is 228 g/mol. The van der Waals surface area contributed by atoms with Crippen LogP contribution in [0.2, 0.25) is 5.02 Å². The van der Waals surface area contributed by atoms with E-state index in [1.165, 1.54) is 12.8 Å². The van der Waals surface area contributed by atoms with Gasteiger partial charge >= 0.3 is 0 Å². The maximum absolute atomic E-state index is 12.0. The van der Waals surface area contributed by atoms with Gasteiger partial charge in [-0.3, -0.25) is 4.79 Å². The number of thioether (sulfide) groups is 1. The molecule has 1 aliphatic heterocycles. The summed E-state index contributed by atoms with van der Waals surface area (Å²) in [5.41, 5.74) is 0.791. The van der Waals surface area contributed by atoms with E-state index in [0.717, 1.165) is 17.7 Å². The summed E-state index contributed by atoms with van der Waals surface area (Å²) in [6.45, 7) is 0. The van der Waals surface area contributed by atoms with Crippen LogP contribution in [0.3, 0.4) is 0 Å². The van der Waals surface area contributed by atoms with Gasteiger partial charge in [-0.2, -0.15) is 11.8 Å². The Kier molecular flexibility index (Phi) is 3.71. The Balaban J connectivity index is 2.09. The number of carbonyl (C=O) groups is 1. The predicted octanol–water partition coefficient (Wildman–Crippen LogP) is 3.81. The zero-order chi connectivity index (χ0) is 10.7. The smallest absolute Gasteiger partial charge is 0.175 e. The summed E-state index contributed by atoms with van der Waals surface area (Å²) in [5.74, 6) is 1.38. The minimum atomic E-state index is 0.167. The van der Waals surface area contributed by atoms with Gasteiger partial charge in [0.1, 0.15) is 0 Å². The van der Waals surface area contributed by atoms with E-state index in [0.29, 0.717) is 5.02 Å². The number of hydrogen-bond donors (Lipinski definition) is 0. The number of hydrogen-bond acceptors (Lipinski definition) is 2. The van der Waals surface area contributed by atoms with Gasteiger partial charge in [0.25, 0.3) is 0 Å². The molecule has 1 aromatic rings. The second-order valence-electron chi connectivity index (χ2n) is 3.73. The lowest BCUT2D eigenvalue weighted by molar-refractivity contribution is 0.0985. The van der Waals surface area contributed by atoms with Crippen LogP contribution < -0.4 is 0 Å². The molecule has 0 radical (unpaired) electrons. The Bertz CT molecular complexity index is 341. The first-order valence-electron chi connectivity index (χ1n) is 5.19. The normalized spacial score (nSPS) is 21.3. The van der Waals surface area contributed by atoms with Gasteiger partial charge in [0, 0.05) is 10.6 Å². The zero-order valence-corrected chi connectivity index (χ0v) is 9.98. The highest BCUT2D eigenvalue weighted by Gasteiger charge is 2.22. The van der Waals surface area contributed by atoms with Gasteiger partial charge in [0.05, 0.1) is 5.25 Å². The Morgan fingerprint density at radius 1 is 1.27 bits per heavy atom. The van der Waals surface area contributed by atoms with Crippen molar-refractivity contribution >= 4 is 29.1 Å². The molecule has 1 unspecified atom stereocenters. The average Bonchev–Trinajstić information content (AvgIpc) is 2.30. The number of halogens is 1. The van der Waals surface area contributed by atoms with Gasteiger partial charge in [0.2, 0.25) is 0 Å². The van der Waals surface area contributed by atoms with Crippen LogP contribution in [0.5, 0.6) is 0 Å². The lowest BCUT2D eigenvalue weighted by atomic mass is 10.0. The number of ketones is 1. The molecule has 0 spiro atoms. The molecule has 0 aliphatic carbocycles. The molecule has 80 valence electrons. The van der Waals surface area contributed by atoms with Gasteiger partial charge in [0.15, 0.2) is 5.78 Å². The number of rotatable bonds is 2. The Morgan fingerprint density at radius 3 is 2.60 bits per heavy atom. The third-order valence-electron chi connectivity index (χ3n) is 2.60. The van der Waals surface area contributed by atoms with Gasteiger partial charge in [-0.15, -0.1) is 0 Å². The van der Waals surface area contributed by atoms with E-state index in [1.54, 1.807) is 23.9 Å². The van der Waals surface area contributed by atoms with Crippen LogP contribution in [0, 0.1) is 0 Å². The monoisotopic (exact) mass is 240 g/mol. The molecule has 0 aromatic heterocycles. The maximum Gasteiger partial charge on any atom is 0.175 e. The van der Waals surface area contributed by atoms with Crippen LogP contribution in [-0.4, -0.2) is 16.8 Å². The zero-order valence-electron chi connectivity index (χ0n) is 8.41. The summed E-state index contributed by atoms with van der Waals surface area (Å²) in [4.78, 5) is 12.0. The molecule has 0 saturated carbocycles. The van der Waals surface area contributed by atoms with Crippen LogP contribution in [0.15, 0.2) is 24.3 Å². The van der Waals surface area contributed by atoms with E-state index >= 15 is 0 Å². The first-order valence-corrected chi connectivity index (χ1v) is 6.61. The highest BCUT2D eigenvalue weighted by molar-refractivity contribution is 8.00. The molecule has 1 heterocycles. The van der Waals surface area contributed by atoms with Crippen molar-refractivity contribution in [2.45, 2.75) is 24.5 Å². The molecule has 15 heavy (non-hydrogen) atoms. The molecule has 1 saturated heterocycles. The van der Waals surface area contributed by atoms with E-state index in [2.05, 4.69) is 0 Å². The maximum atomic E-state index is 12.0. The molecule has 0 N–H and O–H groups in total. The molecule has 3 heteroatoms. The number of Topliss-reactive ketones (excluding diaryl/α,β-unsaturated/α-hetero) is 1. The van der Waals surface area contributed by atoms with Crippen LogP contribution in [-0.2, 0) is 0 Å². The third-order valence-corrected chi connectivity index (χ3v) is 4.23. The van der Waals surface area contributed by atoms with Gasteiger partial charge in [-0.05, 0) is 42.9 Å². The van der Waals surface area contributed by atoms with Crippen LogP contribution in [0.25, 0.3) is 0 Å². The topological polar surface area (TPSA) is 17.1 Å². The molecule has 1 aliphatic rings. The summed E-state index contributed by atoms with van der Waals surface area (Å²) in [6, 6.07) is 7.20. The summed E-state index contributed by atoms with van der Waals surface area (Å²) >= 11 is 7.57. The highest BCUT2D eigenvalue weighted by Crippen LogP contribution is 2.28. The molecule has 1 fully saturated rings. The van der Waals surface area contributed by atoms with Crippen molar-refractivity contribution in [1.82, 2.24) is 0 Å². The average molecular weight is 241 g/mol. The summed E-state index contributed by atoms with van der Waals surface area (Å²) in [6.07, 6.45) is 3.44. The summed E-state index contributed by atoms with van der Waals surface area (Å²) < 4.78 is 0. The minimum absolute atomic E-state index is 0.167. The van der Waals surface area contributed by atoms with Crippen molar-refractivity contribution in [2.75, 3.05) is 5.75 Å². The van der Waals surface area contributed by atoms with E-state index in [4.69, 9.17) is 11.6 Å². The lowest BCUT2D eigenvalue weighted by Gasteiger charge is -2.19. The molecule has 2 rings (SSSR count). The predicted molar refractivity (Wildman–Crippen MR) is 65.9 cm³/mol. The van der Waals surface area contributed by atoms with Crippen LogP contribution in [0.4, 0.5) is 0 Å². The Labute approximate surface area is 99.2 Å². The lowest BCUT2D eigenvalue weighted by Crippen LogP contribution is -2.20. The Morgan fingerprint density at radius 2 is 2.00 bits per heavy atom. The van der Waals surface area contributed by atoms with Crippen LogP contribution in [0.1, 0.15) is 29.6 Å². The van der Waals surface area contributed by atoms with E-state index in [1.807, 2.05) is 12.1 Å². The van der Waals surface area contributed by atoms with Crippen molar-refractivity contribution in [2.24, 2.45) is 0 Å². The SMILES string of the molecule is O=C(c1ccc(Cl)cc1)C1CCCCS1. The van der Waals surface area contributed by atoms with Crippen molar-refractivity contribution < 1.29 is 4.79 Å². The number of carbonyl (C=O) groups excluding carboxylic acids is 1. The molecule has 0 bridgehead atoms. The minimum Gasteiger partial charge on any atom is -0.293 e. The van der Waals surface area contributed by atoms with E-state index < -0.39 is 0 Å². The second kappa shape index (κ2) is 5.04. The molecular formula is C12H13ClOS.